The highest BCUT2D eigenvalue weighted by Gasteiger charge is 2.23. The minimum Gasteiger partial charge on any atom is -0.207 e. The van der Waals surface area contributed by atoms with Crippen LogP contribution in [-0.4, -0.2) is 26.3 Å². The van der Waals surface area contributed by atoms with Gasteiger partial charge in [-0.2, -0.15) is 9.57 Å². The molecule has 0 amide bonds. The first kappa shape index (κ1) is 11.6. The molecule has 0 aliphatic rings. The highest BCUT2D eigenvalue weighted by atomic mass is 32.2. The molecule has 0 aromatic heterocycles. The Bertz CT molecular complexity index is 493. The normalized spacial score (nSPS) is 11.3. The van der Waals surface area contributed by atoms with Gasteiger partial charge in [0.2, 0.25) is 10.0 Å². The van der Waals surface area contributed by atoms with E-state index < -0.39 is 20.7 Å². The molecule has 15 heavy (non-hydrogen) atoms. The van der Waals surface area contributed by atoms with Gasteiger partial charge in [-0.15, -0.1) is 0 Å². The topological polar surface area (TPSA) is 61.2 Å². The Morgan fingerprint density at radius 2 is 2.07 bits per heavy atom. The number of hydrogen-bond acceptors (Lipinski definition) is 3. The summed E-state index contributed by atoms with van der Waals surface area (Å²) in [5, 5.41) is 8.37. The lowest BCUT2D eigenvalue weighted by Crippen LogP contribution is -2.27. The van der Waals surface area contributed by atoms with E-state index in [1.807, 2.05) is 0 Å². The molecule has 6 heteroatoms. The second-order valence-corrected chi connectivity index (χ2v) is 4.86. The second-order valence-electron chi connectivity index (χ2n) is 2.85. The molecule has 0 saturated carbocycles. The van der Waals surface area contributed by atoms with Gasteiger partial charge in [0.25, 0.3) is 0 Å². The third kappa shape index (κ3) is 2.32. The zero-order valence-electron chi connectivity index (χ0n) is 8.01. The Morgan fingerprint density at radius 1 is 1.47 bits per heavy atom. The van der Waals surface area contributed by atoms with E-state index in [0.29, 0.717) is 0 Å². The van der Waals surface area contributed by atoms with E-state index in [1.165, 1.54) is 25.2 Å². The van der Waals surface area contributed by atoms with Crippen LogP contribution in [0.25, 0.3) is 0 Å². The van der Waals surface area contributed by atoms with Crippen LogP contribution in [-0.2, 0) is 10.0 Å². The fourth-order valence-corrected chi connectivity index (χ4v) is 2.13. The van der Waals surface area contributed by atoms with Crippen LogP contribution in [0.5, 0.6) is 0 Å². The van der Waals surface area contributed by atoms with Crippen molar-refractivity contribution in [1.29, 1.82) is 5.26 Å². The molecular weight excluding hydrogens is 219 g/mol. The fourth-order valence-electron chi connectivity index (χ4n) is 1.01. The monoisotopic (exact) mass is 228 g/mol. The van der Waals surface area contributed by atoms with Crippen molar-refractivity contribution in [2.45, 2.75) is 4.90 Å². The van der Waals surface area contributed by atoms with E-state index in [0.717, 1.165) is 10.4 Å². The molecule has 1 rings (SSSR count). The number of benzene rings is 1. The number of hydrogen-bond donors (Lipinski definition) is 0. The van der Waals surface area contributed by atoms with Crippen LogP contribution in [0.4, 0.5) is 4.39 Å². The Hall–Kier alpha value is -1.45. The maximum atomic E-state index is 13.2. The molecule has 0 heterocycles. The van der Waals surface area contributed by atoms with Gasteiger partial charge in [-0.1, -0.05) is 12.1 Å². The third-order valence-electron chi connectivity index (χ3n) is 1.82. The molecule has 4 nitrogen and oxygen atoms in total. The summed E-state index contributed by atoms with van der Waals surface area (Å²) in [6, 6.07) is 6.74. The van der Waals surface area contributed by atoms with Crippen molar-refractivity contribution in [3.8, 4) is 6.07 Å². The van der Waals surface area contributed by atoms with Crippen molar-refractivity contribution in [3.05, 3.63) is 30.1 Å². The van der Waals surface area contributed by atoms with Gasteiger partial charge in [0.05, 0.1) is 6.07 Å². The average molecular weight is 228 g/mol. The van der Waals surface area contributed by atoms with E-state index in [1.54, 1.807) is 6.07 Å². The first-order valence-electron chi connectivity index (χ1n) is 4.08. The first-order valence-corrected chi connectivity index (χ1v) is 5.52. The zero-order valence-corrected chi connectivity index (χ0v) is 8.83. The van der Waals surface area contributed by atoms with Crippen molar-refractivity contribution >= 4 is 10.0 Å². The summed E-state index contributed by atoms with van der Waals surface area (Å²) in [5.41, 5.74) is 0. The Morgan fingerprint density at radius 3 is 2.60 bits per heavy atom. The largest absolute Gasteiger partial charge is 0.246 e. The molecule has 0 fully saturated rings. The minimum atomic E-state index is -3.90. The summed E-state index contributed by atoms with van der Waals surface area (Å²) in [6.07, 6.45) is 0. The quantitative estimate of drug-likeness (QED) is 0.724. The van der Waals surface area contributed by atoms with Crippen LogP contribution in [0.2, 0.25) is 0 Å². The minimum absolute atomic E-state index is 0.309. The molecule has 0 spiro atoms. The SMILES string of the molecule is CN(CC#N)S(=O)(=O)c1ccccc1F. The predicted octanol–water partition coefficient (Wildman–Crippen LogP) is 0.970. The molecule has 0 atom stereocenters. The molecule has 0 aliphatic carbocycles. The first-order chi connectivity index (χ1) is 7.00. The Balaban J connectivity index is 3.19. The Labute approximate surface area is 87.6 Å². The van der Waals surface area contributed by atoms with Gasteiger partial charge in [0, 0.05) is 7.05 Å². The fraction of sp³-hybridized carbons (Fsp3) is 0.222. The maximum absolute atomic E-state index is 13.2. The van der Waals surface area contributed by atoms with Gasteiger partial charge in [-0.05, 0) is 12.1 Å². The van der Waals surface area contributed by atoms with E-state index >= 15 is 0 Å². The second kappa shape index (κ2) is 4.38. The van der Waals surface area contributed by atoms with Crippen LogP contribution in [0.15, 0.2) is 29.2 Å². The number of nitriles is 1. The van der Waals surface area contributed by atoms with Crippen LogP contribution < -0.4 is 0 Å². The number of nitrogens with zero attached hydrogens (tertiary/aromatic N) is 2. The summed E-state index contributed by atoms with van der Waals surface area (Å²) in [6.45, 7) is -0.309. The van der Waals surface area contributed by atoms with E-state index in [9.17, 15) is 12.8 Å². The highest BCUT2D eigenvalue weighted by Crippen LogP contribution is 2.17. The lowest BCUT2D eigenvalue weighted by atomic mass is 10.4. The molecule has 0 saturated heterocycles. The summed E-state index contributed by atoms with van der Waals surface area (Å²) >= 11 is 0. The molecule has 0 aliphatic heterocycles. The van der Waals surface area contributed by atoms with Gasteiger partial charge >= 0.3 is 0 Å². The third-order valence-corrected chi connectivity index (χ3v) is 3.65. The molecular formula is C9H9FN2O2S. The van der Waals surface area contributed by atoms with Crippen molar-refractivity contribution < 1.29 is 12.8 Å². The molecule has 0 radical (unpaired) electrons. The van der Waals surface area contributed by atoms with Gasteiger partial charge in [-0.3, -0.25) is 0 Å². The number of sulfonamides is 1. The van der Waals surface area contributed by atoms with Gasteiger partial charge < -0.3 is 0 Å². The number of rotatable bonds is 3. The molecule has 0 bridgehead atoms. The van der Waals surface area contributed by atoms with Crippen LogP contribution >= 0.6 is 0 Å². The predicted molar refractivity (Wildman–Crippen MR) is 51.8 cm³/mol. The lowest BCUT2D eigenvalue weighted by Gasteiger charge is -2.13. The standard InChI is InChI=1S/C9H9FN2O2S/c1-12(7-6-11)15(13,14)9-5-3-2-4-8(9)10/h2-5H,7H2,1H3. The van der Waals surface area contributed by atoms with Crippen molar-refractivity contribution in [2.24, 2.45) is 0 Å². The average Bonchev–Trinajstić information content (AvgIpc) is 2.18. The van der Waals surface area contributed by atoms with Gasteiger partial charge in [0.1, 0.15) is 17.3 Å². The summed E-state index contributed by atoms with van der Waals surface area (Å²) in [7, 11) is -2.67. The summed E-state index contributed by atoms with van der Waals surface area (Å²) in [4.78, 5) is -0.414. The van der Waals surface area contributed by atoms with E-state index in [2.05, 4.69) is 0 Å². The maximum Gasteiger partial charge on any atom is 0.246 e. The summed E-state index contributed by atoms with van der Waals surface area (Å²) in [5.74, 6) is -0.817. The smallest absolute Gasteiger partial charge is 0.207 e. The van der Waals surface area contributed by atoms with Crippen molar-refractivity contribution in [1.82, 2.24) is 4.31 Å². The lowest BCUT2D eigenvalue weighted by molar-refractivity contribution is 0.491. The van der Waals surface area contributed by atoms with Gasteiger partial charge in [-0.25, -0.2) is 12.8 Å². The van der Waals surface area contributed by atoms with E-state index in [-0.39, 0.29) is 6.54 Å². The molecule has 0 unspecified atom stereocenters. The van der Waals surface area contributed by atoms with Gasteiger partial charge in [0.15, 0.2) is 0 Å². The van der Waals surface area contributed by atoms with Crippen molar-refractivity contribution in [2.75, 3.05) is 13.6 Å². The molecule has 0 N–H and O–H groups in total. The highest BCUT2D eigenvalue weighted by molar-refractivity contribution is 7.89. The molecule has 80 valence electrons. The number of halogens is 1. The summed E-state index contributed by atoms with van der Waals surface area (Å²) < 4.78 is 37.3. The zero-order chi connectivity index (χ0) is 11.5. The van der Waals surface area contributed by atoms with E-state index in [4.69, 9.17) is 5.26 Å². The van der Waals surface area contributed by atoms with Crippen LogP contribution in [0.3, 0.4) is 0 Å². The van der Waals surface area contributed by atoms with Crippen molar-refractivity contribution in [3.63, 3.8) is 0 Å². The van der Waals surface area contributed by atoms with Crippen LogP contribution in [0, 0.1) is 17.1 Å². The van der Waals surface area contributed by atoms with Crippen LogP contribution in [0.1, 0.15) is 0 Å². The molecule has 1 aromatic rings. The molecule has 1 aromatic carbocycles. The Kier molecular flexibility index (Phi) is 3.39.